The van der Waals surface area contributed by atoms with Crippen molar-refractivity contribution >= 4 is 34.7 Å². The Kier molecular flexibility index (Phi) is 11.2. The maximum absolute atomic E-state index is 13.4. The number of piperidine rings is 3. The molecule has 9 rings (SSSR count). The molecule has 3 aromatic heterocycles. The van der Waals surface area contributed by atoms with Crippen molar-refractivity contribution in [2.24, 2.45) is 5.92 Å². The van der Waals surface area contributed by atoms with E-state index in [0.717, 1.165) is 112 Å². The van der Waals surface area contributed by atoms with Crippen LogP contribution < -0.4 is 25.2 Å². The predicted octanol–water partition coefficient (Wildman–Crippen LogP) is 3.52. The van der Waals surface area contributed by atoms with E-state index in [0.29, 0.717) is 42.4 Å². The van der Waals surface area contributed by atoms with Crippen LogP contribution in [-0.4, -0.2) is 138 Å². The Morgan fingerprint density at radius 3 is 2.42 bits per heavy atom. The van der Waals surface area contributed by atoms with Gasteiger partial charge in [-0.25, -0.2) is 9.50 Å². The number of anilines is 2. The van der Waals surface area contributed by atoms with Gasteiger partial charge >= 0.3 is 0 Å². The first kappa shape index (κ1) is 39.9. The number of aromatic nitrogens is 3. The van der Waals surface area contributed by atoms with Gasteiger partial charge < -0.3 is 29.7 Å². The average molecular weight is 814 g/mol. The number of likely N-dealkylation sites (N-methyl/N-ethyl adjacent to an activating group) is 1. The Labute approximate surface area is 351 Å². The summed E-state index contributed by atoms with van der Waals surface area (Å²) in [5.41, 5.74) is 5.83. The SMILES string of the molecule is CCOc1cc(-c2ccc(N3CCC(CN4CCC(CN5CCN(c6ccc7c(c6)C(=O)N(C6CCC(=O)NC6=O)C7)CC5)CC4)(NC)CC3)nc2)c2c(C#N)cnn2c1. The van der Waals surface area contributed by atoms with Crippen LogP contribution in [0.2, 0.25) is 0 Å². The first-order valence-electron chi connectivity index (χ1n) is 21.6. The molecule has 3 amide bonds. The molecule has 15 heteroatoms. The second kappa shape index (κ2) is 16.8. The number of nitrogens with zero attached hydrogens (tertiary/aromatic N) is 9. The molecule has 4 aromatic rings. The maximum Gasteiger partial charge on any atom is 0.255 e. The third-order valence-corrected chi connectivity index (χ3v) is 13.7. The number of fused-ring (bicyclic) bond motifs is 2. The number of hydrogen-bond acceptors (Lipinski definition) is 12. The van der Waals surface area contributed by atoms with E-state index in [2.05, 4.69) is 66.6 Å². The van der Waals surface area contributed by atoms with Crippen molar-refractivity contribution < 1.29 is 19.1 Å². The Morgan fingerprint density at radius 2 is 1.72 bits per heavy atom. The summed E-state index contributed by atoms with van der Waals surface area (Å²) in [6.07, 6.45) is 10.5. The Morgan fingerprint density at radius 1 is 0.917 bits per heavy atom. The molecule has 1 atom stereocenters. The first-order chi connectivity index (χ1) is 29.2. The average Bonchev–Trinajstić information content (AvgIpc) is 3.84. The van der Waals surface area contributed by atoms with Gasteiger partial charge in [-0.15, -0.1) is 0 Å². The number of pyridine rings is 2. The van der Waals surface area contributed by atoms with Gasteiger partial charge in [0.15, 0.2) is 0 Å². The van der Waals surface area contributed by atoms with Gasteiger partial charge in [-0.2, -0.15) is 10.4 Å². The number of piperazine rings is 1. The highest BCUT2D eigenvalue weighted by molar-refractivity contribution is 6.05. The number of benzene rings is 1. The number of likely N-dealkylation sites (tertiary alicyclic amines) is 1. The van der Waals surface area contributed by atoms with Gasteiger partial charge in [-0.3, -0.25) is 24.6 Å². The summed E-state index contributed by atoms with van der Waals surface area (Å²) in [5.74, 6) is 1.61. The summed E-state index contributed by atoms with van der Waals surface area (Å²) < 4.78 is 7.51. The van der Waals surface area contributed by atoms with E-state index >= 15 is 0 Å². The molecular formula is C45H55N11O4. The molecule has 0 bridgehead atoms. The lowest BCUT2D eigenvalue weighted by molar-refractivity contribution is -0.136. The fourth-order valence-electron chi connectivity index (χ4n) is 10.1. The van der Waals surface area contributed by atoms with E-state index in [4.69, 9.17) is 9.72 Å². The van der Waals surface area contributed by atoms with Crippen molar-refractivity contribution in [1.82, 2.24) is 39.9 Å². The number of nitriles is 1. The molecule has 314 valence electrons. The van der Waals surface area contributed by atoms with E-state index in [-0.39, 0.29) is 29.7 Å². The van der Waals surface area contributed by atoms with Crippen LogP contribution in [0.1, 0.15) is 66.9 Å². The van der Waals surface area contributed by atoms with Crippen LogP contribution in [0.25, 0.3) is 16.6 Å². The summed E-state index contributed by atoms with van der Waals surface area (Å²) in [6, 6.07) is 14.0. The zero-order valence-electron chi connectivity index (χ0n) is 34.7. The molecule has 2 N–H and O–H groups in total. The van der Waals surface area contributed by atoms with Gasteiger partial charge in [-0.1, -0.05) is 6.07 Å². The van der Waals surface area contributed by atoms with Gasteiger partial charge in [0, 0.05) is 99.4 Å². The summed E-state index contributed by atoms with van der Waals surface area (Å²) >= 11 is 0. The van der Waals surface area contributed by atoms with Crippen molar-refractivity contribution in [1.29, 1.82) is 5.26 Å². The Balaban J connectivity index is 0.731. The second-order valence-electron chi connectivity index (χ2n) is 17.2. The molecule has 0 spiro atoms. The fraction of sp³-hybridized carbons (Fsp3) is 0.511. The molecule has 15 nitrogen and oxygen atoms in total. The number of imide groups is 1. The lowest BCUT2D eigenvalue weighted by Crippen LogP contribution is -2.59. The molecule has 8 heterocycles. The molecule has 1 unspecified atom stereocenters. The summed E-state index contributed by atoms with van der Waals surface area (Å²) in [7, 11) is 2.12. The topological polar surface area (TPSA) is 155 Å². The van der Waals surface area contributed by atoms with E-state index < -0.39 is 6.04 Å². The van der Waals surface area contributed by atoms with Crippen LogP contribution >= 0.6 is 0 Å². The smallest absolute Gasteiger partial charge is 0.255 e. The molecule has 0 radical (unpaired) electrons. The van der Waals surface area contributed by atoms with Gasteiger partial charge in [0.05, 0.1) is 30.1 Å². The number of carbonyl (C=O) groups excluding carboxylic acids is 3. The van der Waals surface area contributed by atoms with Crippen LogP contribution in [0.3, 0.4) is 0 Å². The van der Waals surface area contributed by atoms with E-state index in [1.54, 1.807) is 15.6 Å². The lowest BCUT2D eigenvalue weighted by Gasteiger charge is -2.46. The predicted molar refractivity (Wildman–Crippen MR) is 228 cm³/mol. The minimum Gasteiger partial charge on any atom is -0.492 e. The van der Waals surface area contributed by atoms with Gasteiger partial charge in [0.2, 0.25) is 11.8 Å². The van der Waals surface area contributed by atoms with Crippen molar-refractivity contribution in [3.63, 3.8) is 0 Å². The molecule has 4 saturated heterocycles. The molecule has 0 saturated carbocycles. The van der Waals surface area contributed by atoms with Crippen LogP contribution in [0.4, 0.5) is 11.5 Å². The highest BCUT2D eigenvalue weighted by atomic mass is 16.5. The first-order valence-corrected chi connectivity index (χ1v) is 21.6. The largest absolute Gasteiger partial charge is 0.492 e. The number of hydrogen-bond donors (Lipinski definition) is 2. The summed E-state index contributed by atoms with van der Waals surface area (Å²) in [4.78, 5) is 54.1. The molecule has 5 aliphatic rings. The van der Waals surface area contributed by atoms with E-state index in [1.165, 1.54) is 12.8 Å². The number of carbonyl (C=O) groups is 3. The lowest BCUT2D eigenvalue weighted by atomic mass is 9.85. The normalized spacial score (nSPS) is 21.6. The van der Waals surface area contributed by atoms with Crippen molar-refractivity contribution in [2.75, 3.05) is 88.9 Å². The zero-order valence-corrected chi connectivity index (χ0v) is 34.7. The molecule has 1 aromatic carbocycles. The third kappa shape index (κ3) is 7.91. The Hall–Kier alpha value is -5.56. The number of rotatable bonds is 11. The monoisotopic (exact) mass is 813 g/mol. The van der Waals surface area contributed by atoms with Crippen LogP contribution in [-0.2, 0) is 16.1 Å². The van der Waals surface area contributed by atoms with Crippen LogP contribution in [0.15, 0.2) is 55.0 Å². The number of nitrogens with one attached hydrogen (secondary N) is 2. The van der Waals surface area contributed by atoms with Gasteiger partial charge in [-0.05, 0) is 101 Å². The third-order valence-electron chi connectivity index (χ3n) is 13.7. The minimum absolute atomic E-state index is 0.0754. The summed E-state index contributed by atoms with van der Waals surface area (Å²) in [6.45, 7) is 13.1. The standard InChI is InChI=1S/C45H55N11O4/c1-3-60-36-23-37(42-34(24-46)26-49-56(42)29-36)32-5-8-40(48-25-32)54-16-12-45(47-2,13-17-54)30-52-14-10-31(11-15-52)27-51-18-20-53(21-19-51)35-6-4-33-28-55(44(59)38(33)22-35)39-7-9-41(57)50-43(39)58/h4-6,8,22-23,25-26,29,31,39,47H,3,7,9-21,27-28,30H2,1-2H3,(H,50,57,58). The van der Waals surface area contributed by atoms with Crippen molar-refractivity contribution in [3.8, 4) is 22.9 Å². The zero-order chi connectivity index (χ0) is 41.4. The second-order valence-corrected chi connectivity index (χ2v) is 17.2. The van der Waals surface area contributed by atoms with Crippen LogP contribution in [0.5, 0.6) is 5.75 Å². The molecule has 4 fully saturated rings. The van der Waals surface area contributed by atoms with Crippen molar-refractivity contribution in [2.45, 2.75) is 63.6 Å². The molecular weight excluding hydrogens is 759 g/mol. The van der Waals surface area contributed by atoms with E-state index in [9.17, 15) is 19.6 Å². The highest BCUT2D eigenvalue weighted by Crippen LogP contribution is 2.34. The van der Waals surface area contributed by atoms with Gasteiger partial charge in [0.25, 0.3) is 5.91 Å². The summed E-state index contributed by atoms with van der Waals surface area (Å²) in [5, 5.41) is 20.3. The van der Waals surface area contributed by atoms with Gasteiger partial charge in [0.1, 0.15) is 23.7 Å². The highest BCUT2D eigenvalue weighted by Gasteiger charge is 2.40. The number of amides is 3. The maximum atomic E-state index is 13.4. The fourth-order valence-corrected chi connectivity index (χ4v) is 10.1. The minimum atomic E-state index is -0.590. The van der Waals surface area contributed by atoms with E-state index in [1.807, 2.05) is 37.5 Å². The van der Waals surface area contributed by atoms with Crippen LogP contribution in [0, 0.1) is 17.2 Å². The quantitative estimate of drug-likeness (QED) is 0.213. The molecule has 5 aliphatic heterocycles. The molecule has 0 aliphatic carbocycles. The number of ether oxygens (including phenoxy) is 1. The molecule has 60 heavy (non-hydrogen) atoms. The Bertz CT molecular complexity index is 2280. The van der Waals surface area contributed by atoms with Crippen molar-refractivity contribution in [3.05, 3.63) is 71.7 Å².